The molecule has 0 amide bonds. The summed E-state index contributed by atoms with van der Waals surface area (Å²) in [5.74, 6) is 1.91. The number of hydrogen-bond acceptors (Lipinski definition) is 5. The molecule has 0 fully saturated rings. The zero-order valence-corrected chi connectivity index (χ0v) is 8.94. The molecule has 1 N–H and O–H groups in total. The van der Waals surface area contributed by atoms with Gasteiger partial charge in [0.2, 0.25) is 5.75 Å². The zero-order valence-electron chi connectivity index (χ0n) is 8.94. The summed E-state index contributed by atoms with van der Waals surface area (Å²) in [6.45, 7) is 0. The van der Waals surface area contributed by atoms with Crippen LogP contribution in [-0.4, -0.2) is 34.0 Å². The van der Waals surface area contributed by atoms with Crippen LogP contribution >= 0.6 is 0 Å². The monoisotopic (exact) mass is 212 g/mol. The number of benzene rings is 1. The van der Waals surface area contributed by atoms with Gasteiger partial charge in [0.15, 0.2) is 11.5 Å². The van der Waals surface area contributed by atoms with Crippen molar-refractivity contribution in [1.82, 2.24) is 0 Å². The van der Waals surface area contributed by atoms with Crippen molar-refractivity contribution >= 4 is 7.69 Å². The van der Waals surface area contributed by atoms with E-state index in [1.165, 1.54) is 21.3 Å². The molecule has 5 nitrogen and oxygen atoms in total. The molecule has 0 heterocycles. The number of methoxy groups -OCH3 is 3. The largest absolute Gasteiger partial charge is 0.539 e. The highest BCUT2D eigenvalue weighted by atomic mass is 16.5. The molecule has 1 aromatic carbocycles. The van der Waals surface area contributed by atoms with E-state index in [1.807, 2.05) is 0 Å². The fraction of sp³-hybridized carbons (Fsp3) is 0.333. The molecular weight excluding hydrogens is 199 g/mol. The summed E-state index contributed by atoms with van der Waals surface area (Å²) in [7, 11) is 4.14. The van der Waals surface area contributed by atoms with Crippen LogP contribution in [0.4, 0.5) is 0 Å². The minimum absolute atomic E-state index is 0.404. The van der Waals surface area contributed by atoms with Crippen molar-refractivity contribution in [2.45, 2.75) is 0 Å². The van der Waals surface area contributed by atoms with E-state index in [2.05, 4.69) is 0 Å². The first-order valence-electron chi connectivity index (χ1n) is 4.30. The normalized spacial score (nSPS) is 9.33. The summed E-state index contributed by atoms with van der Waals surface area (Å²) in [6.07, 6.45) is 0. The summed E-state index contributed by atoms with van der Waals surface area (Å²) in [5.41, 5.74) is 0. The lowest BCUT2D eigenvalue weighted by molar-refractivity contribution is 0.321. The predicted octanol–water partition coefficient (Wildman–Crippen LogP) is 0.350. The van der Waals surface area contributed by atoms with Gasteiger partial charge in [-0.2, -0.15) is 0 Å². The lowest BCUT2D eigenvalue weighted by atomic mass is 10.2. The summed E-state index contributed by atoms with van der Waals surface area (Å²) in [5, 5.41) is 8.64. The fourth-order valence-electron chi connectivity index (χ4n) is 1.21. The summed E-state index contributed by atoms with van der Waals surface area (Å²) >= 11 is 0. The first kappa shape index (κ1) is 11.5. The molecule has 82 valence electrons. The maximum atomic E-state index is 8.64. The fourth-order valence-corrected chi connectivity index (χ4v) is 1.21. The van der Waals surface area contributed by atoms with Gasteiger partial charge >= 0.3 is 7.69 Å². The highest BCUT2D eigenvalue weighted by Gasteiger charge is 2.13. The van der Waals surface area contributed by atoms with Crippen molar-refractivity contribution < 1.29 is 23.9 Å². The third kappa shape index (κ3) is 2.47. The van der Waals surface area contributed by atoms with E-state index in [1.54, 1.807) is 12.1 Å². The Morgan fingerprint density at radius 1 is 1.00 bits per heavy atom. The molecule has 1 rings (SSSR count). The van der Waals surface area contributed by atoms with Crippen LogP contribution in [0.25, 0.3) is 0 Å². The summed E-state index contributed by atoms with van der Waals surface area (Å²) in [6, 6.07) is 3.22. The summed E-state index contributed by atoms with van der Waals surface area (Å²) in [4.78, 5) is 0. The third-order valence-corrected chi connectivity index (χ3v) is 1.87. The van der Waals surface area contributed by atoms with Crippen molar-refractivity contribution in [2.75, 3.05) is 21.3 Å². The van der Waals surface area contributed by atoms with Crippen molar-refractivity contribution in [1.29, 1.82) is 0 Å². The molecule has 0 aliphatic rings. The molecule has 0 spiro atoms. The van der Waals surface area contributed by atoms with Crippen molar-refractivity contribution in [3.8, 4) is 23.0 Å². The van der Waals surface area contributed by atoms with Gasteiger partial charge in [0, 0.05) is 12.1 Å². The van der Waals surface area contributed by atoms with Crippen molar-refractivity contribution in [3.63, 3.8) is 0 Å². The minimum atomic E-state index is -0.404. The molecule has 6 heteroatoms. The number of ether oxygens (including phenoxy) is 3. The Kier molecular flexibility index (Phi) is 4.11. The lowest BCUT2D eigenvalue weighted by Gasteiger charge is -2.13. The van der Waals surface area contributed by atoms with Gasteiger partial charge in [0.05, 0.1) is 21.3 Å². The Labute approximate surface area is 88.8 Å². The minimum Gasteiger partial charge on any atom is -0.539 e. The molecule has 0 radical (unpaired) electrons. The molecule has 0 aliphatic carbocycles. The van der Waals surface area contributed by atoms with E-state index < -0.39 is 7.69 Å². The topological polar surface area (TPSA) is 57.2 Å². The van der Waals surface area contributed by atoms with Gasteiger partial charge in [-0.15, -0.1) is 0 Å². The predicted molar refractivity (Wildman–Crippen MR) is 56.1 cm³/mol. The van der Waals surface area contributed by atoms with Crippen LogP contribution in [-0.2, 0) is 0 Å². The molecule has 0 bridgehead atoms. The molecule has 0 saturated heterocycles. The van der Waals surface area contributed by atoms with Gasteiger partial charge in [-0.25, -0.2) is 0 Å². The van der Waals surface area contributed by atoms with Crippen molar-refractivity contribution in [2.24, 2.45) is 0 Å². The second kappa shape index (κ2) is 5.36. The highest BCUT2D eigenvalue weighted by molar-refractivity contribution is 6.17. The van der Waals surface area contributed by atoms with E-state index in [0.717, 1.165) is 0 Å². The van der Waals surface area contributed by atoms with Gasteiger partial charge in [-0.3, -0.25) is 0 Å². The van der Waals surface area contributed by atoms with Crippen LogP contribution in [0.5, 0.6) is 23.0 Å². The van der Waals surface area contributed by atoms with Gasteiger partial charge in [-0.05, 0) is 0 Å². The Morgan fingerprint density at radius 2 is 1.53 bits per heavy atom. The molecule has 1 aromatic rings. The Bertz CT molecular complexity index is 303. The van der Waals surface area contributed by atoms with E-state index >= 15 is 0 Å². The molecule has 0 unspecified atom stereocenters. The molecule has 15 heavy (non-hydrogen) atoms. The molecule has 0 saturated carbocycles. The molecular formula is C9H13BO5. The second-order valence-corrected chi connectivity index (χ2v) is 2.63. The van der Waals surface area contributed by atoms with E-state index in [9.17, 15) is 0 Å². The molecule has 0 aromatic heterocycles. The Morgan fingerprint density at radius 3 is 1.87 bits per heavy atom. The lowest BCUT2D eigenvalue weighted by Crippen LogP contribution is -2.01. The number of rotatable bonds is 5. The average Bonchev–Trinajstić information content (AvgIpc) is 2.28. The van der Waals surface area contributed by atoms with Crippen LogP contribution in [0, 0.1) is 0 Å². The van der Waals surface area contributed by atoms with Gasteiger partial charge in [0.1, 0.15) is 5.75 Å². The van der Waals surface area contributed by atoms with Crippen molar-refractivity contribution in [3.05, 3.63) is 12.1 Å². The highest BCUT2D eigenvalue weighted by Crippen LogP contribution is 2.40. The van der Waals surface area contributed by atoms with Crippen LogP contribution in [0.1, 0.15) is 0 Å². The second-order valence-electron chi connectivity index (χ2n) is 2.63. The third-order valence-electron chi connectivity index (χ3n) is 1.87. The van der Waals surface area contributed by atoms with E-state index in [0.29, 0.717) is 23.0 Å². The maximum absolute atomic E-state index is 8.64. The molecule has 0 aliphatic heterocycles. The van der Waals surface area contributed by atoms with Crippen LogP contribution < -0.4 is 18.9 Å². The standard InChI is InChI=1S/C9H13BO5/c1-12-7-4-6(15-10-11)5-8(13-2)9(7)14-3/h4-5,10-11H,1-3H3. The van der Waals surface area contributed by atoms with Crippen LogP contribution in [0.2, 0.25) is 0 Å². The van der Waals surface area contributed by atoms with Crippen LogP contribution in [0.15, 0.2) is 12.1 Å². The average molecular weight is 212 g/mol. The van der Waals surface area contributed by atoms with E-state index in [4.69, 9.17) is 23.9 Å². The summed E-state index contributed by atoms with van der Waals surface area (Å²) < 4.78 is 20.3. The SMILES string of the molecule is COc1cc(OBO)cc(OC)c1OC. The molecule has 0 atom stereocenters. The van der Waals surface area contributed by atoms with Crippen LogP contribution in [0.3, 0.4) is 0 Å². The van der Waals surface area contributed by atoms with Gasteiger partial charge in [-0.1, -0.05) is 0 Å². The first-order valence-corrected chi connectivity index (χ1v) is 4.30. The van der Waals surface area contributed by atoms with E-state index in [-0.39, 0.29) is 0 Å². The quantitative estimate of drug-likeness (QED) is 0.713. The zero-order chi connectivity index (χ0) is 11.3. The van der Waals surface area contributed by atoms with Gasteiger partial charge in [0.25, 0.3) is 0 Å². The Hall–Kier alpha value is -1.56. The van der Waals surface area contributed by atoms with Gasteiger partial charge < -0.3 is 23.9 Å². The first-order chi connectivity index (χ1) is 7.26. The Balaban J connectivity index is 3.16. The smallest absolute Gasteiger partial charge is 0.504 e. The maximum Gasteiger partial charge on any atom is 0.504 e. The number of hydrogen-bond donors (Lipinski definition) is 1.